The van der Waals surface area contributed by atoms with E-state index in [1.807, 2.05) is 54.6 Å². The molecule has 0 unspecified atom stereocenters. The van der Waals surface area contributed by atoms with Gasteiger partial charge in [-0.3, -0.25) is 14.6 Å². The van der Waals surface area contributed by atoms with Crippen molar-refractivity contribution < 1.29 is 9.59 Å². The fraction of sp³-hybridized carbons (Fsp3) is 0.0968. The zero-order valence-corrected chi connectivity index (χ0v) is 20.6. The Bertz CT molecular complexity index is 1730. The van der Waals surface area contributed by atoms with Crippen LogP contribution in [-0.4, -0.2) is 27.5 Å². The Balaban J connectivity index is 1.25. The number of H-pyrrole nitrogens is 1. The molecule has 0 aliphatic carbocycles. The molecule has 0 radical (unpaired) electrons. The van der Waals surface area contributed by atoms with E-state index in [1.54, 1.807) is 0 Å². The fourth-order valence-electron chi connectivity index (χ4n) is 4.85. The van der Waals surface area contributed by atoms with Gasteiger partial charge in [0.25, 0.3) is 0 Å². The molecule has 2 heterocycles. The Morgan fingerprint density at radius 3 is 1.95 bits per heavy atom. The van der Waals surface area contributed by atoms with Crippen LogP contribution in [0.5, 0.6) is 0 Å². The van der Waals surface area contributed by atoms with Gasteiger partial charge in [0, 0.05) is 12.0 Å². The number of hydrogen-bond acceptors (Lipinski definition) is 4. The molecule has 0 spiro atoms. The number of primary amides is 2. The van der Waals surface area contributed by atoms with Crippen LogP contribution >= 0.6 is 0 Å². The first-order valence-electron chi connectivity index (χ1n) is 12.4. The smallest absolute Gasteiger partial charge is 0.221 e. The van der Waals surface area contributed by atoms with Gasteiger partial charge in [0.05, 0.1) is 35.3 Å². The molecule has 0 atom stereocenters. The van der Waals surface area contributed by atoms with E-state index in [0.29, 0.717) is 0 Å². The molecule has 0 saturated carbocycles. The molecule has 0 bridgehead atoms. The number of nitrogens with one attached hydrogen (secondary N) is 1. The summed E-state index contributed by atoms with van der Waals surface area (Å²) >= 11 is 0. The topological polar surface area (TPSA) is 127 Å². The van der Waals surface area contributed by atoms with Crippen molar-refractivity contribution in [3.8, 4) is 22.5 Å². The van der Waals surface area contributed by atoms with Crippen molar-refractivity contribution in [1.82, 2.24) is 9.97 Å². The SMILES string of the molecule is NC(=O)Cc1ccc(C2=Nc3cc(-c4ccc5nc(-c6ccc(CC(N)=O)cc6)[nH]c5c4)ccc3C2)cc1. The molecular formula is C31H25N5O2. The van der Waals surface area contributed by atoms with E-state index in [9.17, 15) is 9.59 Å². The summed E-state index contributed by atoms with van der Waals surface area (Å²) in [5.41, 5.74) is 21.5. The lowest BCUT2D eigenvalue weighted by atomic mass is 9.99. The molecule has 4 aromatic carbocycles. The summed E-state index contributed by atoms with van der Waals surface area (Å²) in [7, 11) is 0. The number of aromatic nitrogens is 2. The lowest BCUT2D eigenvalue weighted by Crippen LogP contribution is -2.13. The molecule has 38 heavy (non-hydrogen) atoms. The van der Waals surface area contributed by atoms with E-state index in [4.69, 9.17) is 21.4 Å². The van der Waals surface area contributed by atoms with Crippen molar-refractivity contribution in [2.75, 3.05) is 0 Å². The first kappa shape index (κ1) is 23.4. The molecule has 186 valence electrons. The van der Waals surface area contributed by atoms with Gasteiger partial charge < -0.3 is 16.5 Å². The molecule has 7 heteroatoms. The second kappa shape index (κ2) is 9.44. The third-order valence-corrected chi connectivity index (χ3v) is 6.79. The quantitative estimate of drug-likeness (QED) is 0.302. The average Bonchev–Trinajstić information content (AvgIpc) is 3.52. The number of aliphatic imine (C=N–C) groups is 1. The number of hydrogen-bond donors (Lipinski definition) is 3. The Morgan fingerprint density at radius 1 is 0.711 bits per heavy atom. The number of carbonyl (C=O) groups is 2. The summed E-state index contributed by atoms with van der Waals surface area (Å²) in [6.07, 6.45) is 1.23. The Morgan fingerprint density at radius 2 is 1.29 bits per heavy atom. The van der Waals surface area contributed by atoms with Crippen LogP contribution in [0, 0.1) is 0 Å². The standard InChI is InChI=1S/C31H25N5O2/c32-29(37)13-18-1-5-20(6-2-18)26-17-24-10-9-22(15-27(24)34-26)23-11-12-25-28(16-23)36-31(35-25)21-7-3-19(4-8-21)14-30(33)38/h1-12,15-16H,13-14,17H2,(H2,32,37)(H2,33,38)(H,35,36). The molecule has 6 rings (SSSR count). The molecule has 0 saturated heterocycles. The summed E-state index contributed by atoms with van der Waals surface area (Å²) in [6, 6.07) is 28.1. The van der Waals surface area contributed by atoms with Gasteiger partial charge in [-0.25, -0.2) is 4.98 Å². The average molecular weight is 500 g/mol. The maximum Gasteiger partial charge on any atom is 0.221 e. The van der Waals surface area contributed by atoms with Crippen molar-refractivity contribution in [2.24, 2.45) is 16.5 Å². The van der Waals surface area contributed by atoms with Gasteiger partial charge in [-0.2, -0.15) is 0 Å². The number of benzene rings is 4. The number of amides is 2. The van der Waals surface area contributed by atoms with Crippen LogP contribution in [0.15, 0.2) is 89.9 Å². The van der Waals surface area contributed by atoms with Gasteiger partial charge in [0.1, 0.15) is 5.82 Å². The van der Waals surface area contributed by atoms with E-state index < -0.39 is 0 Å². The van der Waals surface area contributed by atoms with Crippen LogP contribution in [0.2, 0.25) is 0 Å². The van der Waals surface area contributed by atoms with Crippen LogP contribution in [0.4, 0.5) is 5.69 Å². The minimum absolute atomic E-state index is 0.222. The maximum absolute atomic E-state index is 11.2. The molecule has 1 aliphatic heterocycles. The normalized spacial score (nSPS) is 12.4. The second-order valence-electron chi connectivity index (χ2n) is 9.58. The van der Waals surface area contributed by atoms with Crippen molar-refractivity contribution in [1.29, 1.82) is 0 Å². The lowest BCUT2D eigenvalue weighted by Gasteiger charge is -2.04. The van der Waals surface area contributed by atoms with Gasteiger partial charge in [0.15, 0.2) is 0 Å². The first-order chi connectivity index (χ1) is 18.4. The number of nitrogens with zero attached hydrogens (tertiary/aromatic N) is 2. The third kappa shape index (κ3) is 4.69. The van der Waals surface area contributed by atoms with E-state index in [2.05, 4.69) is 35.3 Å². The van der Waals surface area contributed by atoms with E-state index in [0.717, 1.165) is 68.1 Å². The Kier molecular flexibility index (Phi) is 5.81. The minimum atomic E-state index is -0.349. The lowest BCUT2D eigenvalue weighted by molar-refractivity contribution is -0.118. The van der Waals surface area contributed by atoms with Gasteiger partial charge in [-0.05, 0) is 51.6 Å². The Hall–Kier alpha value is -5.04. The number of imidazole rings is 1. The Labute approximate surface area is 219 Å². The van der Waals surface area contributed by atoms with Crippen LogP contribution in [0.3, 0.4) is 0 Å². The molecule has 0 fully saturated rings. The summed E-state index contributed by atoms with van der Waals surface area (Å²) < 4.78 is 0. The maximum atomic E-state index is 11.2. The monoisotopic (exact) mass is 499 g/mol. The zero-order chi connectivity index (χ0) is 26.2. The molecule has 1 aromatic heterocycles. The number of aromatic amines is 1. The van der Waals surface area contributed by atoms with Gasteiger partial charge in [-0.15, -0.1) is 0 Å². The highest BCUT2D eigenvalue weighted by Gasteiger charge is 2.17. The van der Waals surface area contributed by atoms with Crippen molar-refractivity contribution in [3.05, 3.63) is 107 Å². The molecule has 2 amide bonds. The summed E-state index contributed by atoms with van der Waals surface area (Å²) in [5, 5.41) is 0. The molecule has 1 aliphatic rings. The van der Waals surface area contributed by atoms with Crippen LogP contribution in [0.25, 0.3) is 33.5 Å². The number of carbonyl (C=O) groups excluding carboxylic acids is 2. The van der Waals surface area contributed by atoms with Crippen LogP contribution in [-0.2, 0) is 28.9 Å². The molecule has 7 nitrogen and oxygen atoms in total. The van der Waals surface area contributed by atoms with Crippen molar-refractivity contribution in [3.63, 3.8) is 0 Å². The van der Waals surface area contributed by atoms with E-state index in [-0.39, 0.29) is 24.7 Å². The predicted octanol–water partition coefficient (Wildman–Crippen LogP) is 4.63. The molecule has 5 aromatic rings. The van der Waals surface area contributed by atoms with Crippen molar-refractivity contribution >= 4 is 34.2 Å². The highest BCUT2D eigenvalue weighted by atomic mass is 16.1. The molecular weight excluding hydrogens is 474 g/mol. The van der Waals surface area contributed by atoms with Gasteiger partial charge in [0.2, 0.25) is 11.8 Å². The predicted molar refractivity (Wildman–Crippen MR) is 149 cm³/mol. The second-order valence-corrected chi connectivity index (χ2v) is 9.58. The minimum Gasteiger partial charge on any atom is -0.369 e. The van der Waals surface area contributed by atoms with Gasteiger partial charge in [-0.1, -0.05) is 66.7 Å². The number of nitrogens with two attached hydrogens (primary N) is 2. The van der Waals surface area contributed by atoms with Gasteiger partial charge >= 0.3 is 0 Å². The number of rotatable bonds is 7. The third-order valence-electron chi connectivity index (χ3n) is 6.79. The van der Waals surface area contributed by atoms with Crippen molar-refractivity contribution in [2.45, 2.75) is 19.3 Å². The first-order valence-corrected chi connectivity index (χ1v) is 12.4. The zero-order valence-electron chi connectivity index (χ0n) is 20.6. The largest absolute Gasteiger partial charge is 0.369 e. The summed E-state index contributed by atoms with van der Waals surface area (Å²) in [4.78, 5) is 35.4. The van der Waals surface area contributed by atoms with Crippen LogP contribution < -0.4 is 11.5 Å². The van der Waals surface area contributed by atoms with E-state index >= 15 is 0 Å². The van der Waals surface area contributed by atoms with E-state index in [1.165, 1.54) is 5.56 Å². The molecule has 5 N–H and O–H groups in total. The van der Waals surface area contributed by atoms with Crippen LogP contribution in [0.1, 0.15) is 22.3 Å². The summed E-state index contributed by atoms with van der Waals surface area (Å²) in [5.74, 6) is 0.0854. The number of fused-ring (bicyclic) bond motifs is 2. The fourth-order valence-corrected chi connectivity index (χ4v) is 4.85. The highest BCUT2D eigenvalue weighted by Crippen LogP contribution is 2.34. The summed E-state index contributed by atoms with van der Waals surface area (Å²) in [6.45, 7) is 0. The highest BCUT2D eigenvalue weighted by molar-refractivity contribution is 6.07.